The molecule has 0 saturated heterocycles. The van der Waals surface area contributed by atoms with Gasteiger partial charge in [0.15, 0.2) is 0 Å². The van der Waals surface area contributed by atoms with Gasteiger partial charge in [-0.15, -0.1) is 0 Å². The Labute approximate surface area is 156 Å². The first-order chi connectivity index (χ1) is 11.3. The molecule has 1 rings (SSSR count). The highest BCUT2D eigenvalue weighted by Gasteiger charge is 2.20. The third-order valence-electron chi connectivity index (χ3n) is 6.44. The van der Waals surface area contributed by atoms with Crippen LogP contribution in [0.1, 0.15) is 121 Å². The van der Waals surface area contributed by atoms with Gasteiger partial charge < -0.3 is 0 Å². The van der Waals surface area contributed by atoms with E-state index in [-0.39, 0.29) is 0 Å². The molecule has 1 saturated carbocycles. The highest BCUT2D eigenvalue weighted by Crippen LogP contribution is 2.32. The zero-order valence-corrected chi connectivity index (χ0v) is 19.1. The van der Waals surface area contributed by atoms with Crippen LogP contribution in [0.15, 0.2) is 0 Å². The molecule has 0 aromatic heterocycles. The standard InChI is InChI=1S/C10H22.C9H18.C5H12/c1-5-9(6-2)10(7-3)8-4;1-7-4-5-8(2)9(3)6-7;1-4-5(2)3/h9-10H,5-8H2,1-4H3;7-9H,4-6H2,1-3H3;5H,4H2,1-3H3. The zero-order chi connectivity index (χ0) is 19.1. The summed E-state index contributed by atoms with van der Waals surface area (Å²) in [6.45, 7) is 23.0. The summed E-state index contributed by atoms with van der Waals surface area (Å²) in [5.74, 6) is 5.81. The first kappa shape index (κ1) is 26.2. The molecule has 0 N–H and O–H groups in total. The monoisotopic (exact) mass is 340 g/mol. The lowest BCUT2D eigenvalue weighted by Crippen LogP contribution is -2.18. The molecule has 1 fully saturated rings. The van der Waals surface area contributed by atoms with E-state index in [0.717, 1.165) is 35.5 Å². The maximum absolute atomic E-state index is 2.39. The van der Waals surface area contributed by atoms with Crippen molar-refractivity contribution >= 4 is 0 Å². The molecule has 3 atom stereocenters. The predicted molar refractivity (Wildman–Crippen MR) is 115 cm³/mol. The second-order valence-electron chi connectivity index (χ2n) is 8.83. The van der Waals surface area contributed by atoms with Gasteiger partial charge in [-0.05, 0) is 41.9 Å². The van der Waals surface area contributed by atoms with Crippen LogP contribution < -0.4 is 0 Å². The fraction of sp³-hybridized carbons (Fsp3) is 1.00. The summed E-state index contributed by atoms with van der Waals surface area (Å²) < 4.78 is 0. The molecule has 0 aliphatic heterocycles. The van der Waals surface area contributed by atoms with Crippen molar-refractivity contribution in [2.75, 3.05) is 0 Å². The molecule has 24 heavy (non-hydrogen) atoms. The first-order valence-corrected chi connectivity index (χ1v) is 11.3. The largest absolute Gasteiger partial charge is 0.0651 e. The average molecular weight is 341 g/mol. The smallest absolute Gasteiger partial charge is 0.0391 e. The molecule has 0 bridgehead atoms. The Balaban J connectivity index is 0. The van der Waals surface area contributed by atoms with Gasteiger partial charge in [0.05, 0.1) is 0 Å². The third kappa shape index (κ3) is 13.3. The van der Waals surface area contributed by atoms with Crippen molar-refractivity contribution in [2.45, 2.75) is 121 Å². The van der Waals surface area contributed by atoms with Crippen LogP contribution in [0, 0.1) is 35.5 Å². The normalized spacial score (nSPS) is 23.6. The van der Waals surface area contributed by atoms with Gasteiger partial charge in [0.25, 0.3) is 0 Å². The summed E-state index contributed by atoms with van der Waals surface area (Å²) >= 11 is 0. The number of hydrogen-bond donors (Lipinski definition) is 0. The lowest BCUT2D eigenvalue weighted by Gasteiger charge is -2.29. The first-order valence-electron chi connectivity index (χ1n) is 11.3. The van der Waals surface area contributed by atoms with E-state index in [0.29, 0.717) is 0 Å². The van der Waals surface area contributed by atoms with Crippen LogP contribution in [-0.4, -0.2) is 0 Å². The number of rotatable bonds is 6. The maximum Gasteiger partial charge on any atom is -0.0391 e. The van der Waals surface area contributed by atoms with Crippen molar-refractivity contribution in [3.05, 3.63) is 0 Å². The predicted octanol–water partition coefficient (Wildman–Crippen LogP) is 8.99. The van der Waals surface area contributed by atoms with Crippen molar-refractivity contribution in [1.82, 2.24) is 0 Å². The van der Waals surface area contributed by atoms with Crippen molar-refractivity contribution in [3.63, 3.8) is 0 Å². The molecule has 0 radical (unpaired) electrons. The minimum Gasteiger partial charge on any atom is -0.0651 e. The van der Waals surface area contributed by atoms with Crippen LogP contribution in [0.4, 0.5) is 0 Å². The van der Waals surface area contributed by atoms with Gasteiger partial charge in [-0.2, -0.15) is 0 Å². The van der Waals surface area contributed by atoms with E-state index in [9.17, 15) is 0 Å². The molecule has 0 amide bonds. The van der Waals surface area contributed by atoms with Crippen molar-refractivity contribution < 1.29 is 0 Å². The van der Waals surface area contributed by atoms with E-state index in [1.165, 1.54) is 51.4 Å². The zero-order valence-electron chi connectivity index (χ0n) is 19.1. The van der Waals surface area contributed by atoms with Crippen LogP contribution in [0.25, 0.3) is 0 Å². The minimum atomic E-state index is 0.884. The molecule has 3 unspecified atom stereocenters. The highest BCUT2D eigenvalue weighted by atomic mass is 14.3. The molecule has 0 aromatic rings. The molecular weight excluding hydrogens is 288 g/mol. The lowest BCUT2D eigenvalue weighted by molar-refractivity contribution is 0.220. The van der Waals surface area contributed by atoms with Crippen LogP contribution in [0.5, 0.6) is 0 Å². The summed E-state index contributed by atoms with van der Waals surface area (Å²) in [6, 6.07) is 0. The van der Waals surface area contributed by atoms with Crippen molar-refractivity contribution in [1.29, 1.82) is 0 Å². The van der Waals surface area contributed by atoms with Crippen molar-refractivity contribution in [2.24, 2.45) is 35.5 Å². The average Bonchev–Trinajstić information content (AvgIpc) is 2.57. The SMILES string of the molecule is CC1CCC(C)C(C)C1.CCC(C)C.CCC(CC)C(CC)CC. The lowest BCUT2D eigenvalue weighted by atomic mass is 9.77. The van der Waals surface area contributed by atoms with Gasteiger partial charge in [-0.1, -0.05) is 114 Å². The Kier molecular flexibility index (Phi) is 18.0. The topological polar surface area (TPSA) is 0 Å². The molecule has 1 aliphatic rings. The fourth-order valence-corrected chi connectivity index (χ4v) is 3.73. The Bertz CT molecular complexity index is 224. The summed E-state index contributed by atoms with van der Waals surface area (Å²) in [5.41, 5.74) is 0. The van der Waals surface area contributed by atoms with E-state index in [1.807, 2.05) is 0 Å². The molecule has 148 valence electrons. The molecule has 0 aromatic carbocycles. The Morgan fingerprint density at radius 1 is 0.625 bits per heavy atom. The third-order valence-corrected chi connectivity index (χ3v) is 6.44. The quantitative estimate of drug-likeness (QED) is 0.452. The van der Waals surface area contributed by atoms with Crippen LogP contribution in [0.3, 0.4) is 0 Å². The molecule has 0 heteroatoms. The van der Waals surface area contributed by atoms with Gasteiger partial charge in [-0.25, -0.2) is 0 Å². The molecule has 0 spiro atoms. The summed E-state index contributed by atoms with van der Waals surface area (Å²) in [6.07, 6.45) is 11.1. The van der Waals surface area contributed by atoms with E-state index in [4.69, 9.17) is 0 Å². The molecule has 0 heterocycles. The second kappa shape index (κ2) is 16.5. The Hall–Kier alpha value is 0. The van der Waals surface area contributed by atoms with Gasteiger partial charge >= 0.3 is 0 Å². The van der Waals surface area contributed by atoms with Crippen LogP contribution >= 0.6 is 0 Å². The number of hydrogen-bond acceptors (Lipinski definition) is 0. The van der Waals surface area contributed by atoms with E-state index >= 15 is 0 Å². The maximum atomic E-state index is 2.39. The van der Waals surface area contributed by atoms with Gasteiger partial charge in [0.1, 0.15) is 0 Å². The summed E-state index contributed by atoms with van der Waals surface area (Å²) in [7, 11) is 0. The second-order valence-corrected chi connectivity index (χ2v) is 8.83. The summed E-state index contributed by atoms with van der Waals surface area (Å²) in [5, 5.41) is 0. The van der Waals surface area contributed by atoms with E-state index in [2.05, 4.69) is 69.2 Å². The fourth-order valence-electron chi connectivity index (χ4n) is 3.73. The highest BCUT2D eigenvalue weighted by molar-refractivity contribution is 4.72. The Morgan fingerprint density at radius 2 is 1.00 bits per heavy atom. The van der Waals surface area contributed by atoms with Crippen LogP contribution in [-0.2, 0) is 0 Å². The van der Waals surface area contributed by atoms with Gasteiger partial charge in [-0.3, -0.25) is 0 Å². The minimum absolute atomic E-state index is 0.884. The molecule has 1 aliphatic carbocycles. The summed E-state index contributed by atoms with van der Waals surface area (Å²) in [4.78, 5) is 0. The van der Waals surface area contributed by atoms with E-state index in [1.54, 1.807) is 0 Å². The Morgan fingerprint density at radius 3 is 1.21 bits per heavy atom. The van der Waals surface area contributed by atoms with Gasteiger partial charge in [0.2, 0.25) is 0 Å². The molecule has 0 nitrogen and oxygen atoms in total. The van der Waals surface area contributed by atoms with Gasteiger partial charge in [0, 0.05) is 0 Å². The van der Waals surface area contributed by atoms with Crippen molar-refractivity contribution in [3.8, 4) is 0 Å². The van der Waals surface area contributed by atoms with E-state index < -0.39 is 0 Å². The van der Waals surface area contributed by atoms with Crippen LogP contribution in [0.2, 0.25) is 0 Å². The molecular formula is C24H52.